The van der Waals surface area contributed by atoms with Crippen LogP contribution in [-0.2, 0) is 0 Å². The monoisotopic (exact) mass is 186 g/mol. The second-order valence-corrected chi connectivity index (χ2v) is 3.08. The van der Waals surface area contributed by atoms with Crippen LogP contribution in [0.15, 0.2) is 24.3 Å². The van der Waals surface area contributed by atoms with Crippen molar-refractivity contribution in [1.82, 2.24) is 0 Å². The Hall–Kier alpha value is -0.0400. The van der Waals surface area contributed by atoms with E-state index in [4.69, 9.17) is 0 Å². The molecule has 9 heavy (non-hydrogen) atoms. The second-order valence-electron chi connectivity index (χ2n) is 2.29. The number of alkyl halides is 1. The maximum absolute atomic E-state index is 3.43. The molecule has 0 bridgehead atoms. The summed E-state index contributed by atoms with van der Waals surface area (Å²) in [4.78, 5) is 0. The van der Waals surface area contributed by atoms with Crippen LogP contribution in [0, 0.1) is 5.92 Å². The van der Waals surface area contributed by atoms with Crippen molar-refractivity contribution in [1.29, 1.82) is 0 Å². The molecule has 0 aromatic heterocycles. The van der Waals surface area contributed by atoms with Crippen LogP contribution in [0.2, 0.25) is 0 Å². The number of hydrogen-bond donors (Lipinski definition) is 0. The fourth-order valence-electron chi connectivity index (χ4n) is 0.986. The van der Waals surface area contributed by atoms with Gasteiger partial charge in [-0.1, -0.05) is 40.2 Å². The summed E-state index contributed by atoms with van der Waals surface area (Å²) in [6.45, 7) is 0. The van der Waals surface area contributed by atoms with E-state index in [0.717, 1.165) is 11.2 Å². The molecule has 1 rings (SSSR count). The molecule has 1 atom stereocenters. The van der Waals surface area contributed by atoms with E-state index in [1.165, 1.54) is 12.8 Å². The average molecular weight is 187 g/mol. The molecule has 0 radical (unpaired) electrons. The van der Waals surface area contributed by atoms with Crippen molar-refractivity contribution < 1.29 is 0 Å². The molecule has 50 valence electrons. The van der Waals surface area contributed by atoms with Crippen LogP contribution in [0.1, 0.15) is 12.8 Å². The van der Waals surface area contributed by atoms with Gasteiger partial charge in [-0.25, -0.2) is 0 Å². The van der Waals surface area contributed by atoms with Crippen LogP contribution in [0.3, 0.4) is 0 Å². The summed E-state index contributed by atoms with van der Waals surface area (Å²) >= 11 is 3.43. The minimum absolute atomic E-state index is 0.786. The third kappa shape index (κ3) is 2.35. The summed E-state index contributed by atoms with van der Waals surface area (Å²) < 4.78 is 0. The van der Waals surface area contributed by atoms with Crippen LogP contribution < -0.4 is 0 Å². The molecule has 1 unspecified atom stereocenters. The Morgan fingerprint density at radius 1 is 1.44 bits per heavy atom. The minimum atomic E-state index is 0.786. The zero-order chi connectivity index (χ0) is 6.53. The molecule has 1 aliphatic carbocycles. The first-order valence-electron chi connectivity index (χ1n) is 3.33. The Bertz CT molecular complexity index is 125. The SMILES string of the molecule is BrCCC1C=CC=CC1. The topological polar surface area (TPSA) is 0 Å². The summed E-state index contributed by atoms with van der Waals surface area (Å²) in [6.07, 6.45) is 11.2. The third-order valence-electron chi connectivity index (χ3n) is 1.55. The smallest absolute Gasteiger partial charge is 0.00370 e. The highest BCUT2D eigenvalue weighted by atomic mass is 79.9. The molecule has 0 spiro atoms. The molecule has 0 fully saturated rings. The van der Waals surface area contributed by atoms with E-state index >= 15 is 0 Å². The maximum Gasteiger partial charge on any atom is 0.00370 e. The van der Waals surface area contributed by atoms with Crippen LogP contribution in [0.4, 0.5) is 0 Å². The number of halogens is 1. The summed E-state index contributed by atoms with van der Waals surface area (Å²) in [5.74, 6) is 0.786. The van der Waals surface area contributed by atoms with Gasteiger partial charge < -0.3 is 0 Å². The molecule has 1 heteroatoms. The molecule has 0 heterocycles. The lowest BCUT2D eigenvalue weighted by atomic mass is 9.99. The molecular weight excluding hydrogens is 176 g/mol. The first-order chi connectivity index (χ1) is 4.43. The fourth-order valence-corrected chi connectivity index (χ4v) is 1.57. The maximum atomic E-state index is 3.43. The molecular formula is C8H11Br. The van der Waals surface area contributed by atoms with Gasteiger partial charge >= 0.3 is 0 Å². The van der Waals surface area contributed by atoms with Crippen LogP contribution >= 0.6 is 15.9 Å². The molecule has 0 saturated carbocycles. The Morgan fingerprint density at radius 2 is 2.33 bits per heavy atom. The van der Waals surface area contributed by atoms with E-state index in [1.807, 2.05) is 0 Å². The highest BCUT2D eigenvalue weighted by molar-refractivity contribution is 9.09. The number of hydrogen-bond acceptors (Lipinski definition) is 0. The Labute approximate surface area is 64.8 Å². The van der Waals surface area contributed by atoms with Crippen LogP contribution in [0.5, 0.6) is 0 Å². The van der Waals surface area contributed by atoms with Crippen molar-refractivity contribution in [3.8, 4) is 0 Å². The van der Waals surface area contributed by atoms with Gasteiger partial charge in [0.05, 0.1) is 0 Å². The predicted octanol–water partition coefficient (Wildman–Crippen LogP) is 2.90. The summed E-state index contributed by atoms with van der Waals surface area (Å²) in [5, 5.41) is 1.12. The van der Waals surface area contributed by atoms with Gasteiger partial charge in [0.25, 0.3) is 0 Å². The van der Waals surface area contributed by atoms with Crippen molar-refractivity contribution in [3.05, 3.63) is 24.3 Å². The van der Waals surface area contributed by atoms with Crippen molar-refractivity contribution in [2.24, 2.45) is 5.92 Å². The largest absolute Gasteiger partial charge is 0.0928 e. The summed E-state index contributed by atoms with van der Waals surface area (Å²) in [7, 11) is 0. The molecule has 0 nitrogen and oxygen atoms in total. The van der Waals surface area contributed by atoms with E-state index in [-0.39, 0.29) is 0 Å². The lowest BCUT2D eigenvalue weighted by Gasteiger charge is -2.09. The Balaban J connectivity index is 2.28. The van der Waals surface area contributed by atoms with Gasteiger partial charge in [0.1, 0.15) is 0 Å². The molecule has 0 N–H and O–H groups in total. The van der Waals surface area contributed by atoms with Crippen LogP contribution in [0.25, 0.3) is 0 Å². The van der Waals surface area contributed by atoms with Crippen molar-refractivity contribution in [3.63, 3.8) is 0 Å². The molecule has 1 aliphatic rings. The minimum Gasteiger partial charge on any atom is -0.0928 e. The lowest BCUT2D eigenvalue weighted by molar-refractivity contribution is 0.641. The molecule has 0 aromatic carbocycles. The number of rotatable bonds is 2. The fraction of sp³-hybridized carbons (Fsp3) is 0.500. The van der Waals surface area contributed by atoms with Crippen molar-refractivity contribution in [2.45, 2.75) is 12.8 Å². The third-order valence-corrected chi connectivity index (χ3v) is 2.01. The zero-order valence-electron chi connectivity index (χ0n) is 5.39. The predicted molar refractivity (Wildman–Crippen MR) is 44.8 cm³/mol. The zero-order valence-corrected chi connectivity index (χ0v) is 6.97. The van der Waals surface area contributed by atoms with E-state index in [9.17, 15) is 0 Å². The lowest BCUT2D eigenvalue weighted by Crippen LogP contribution is -1.97. The van der Waals surface area contributed by atoms with E-state index in [2.05, 4.69) is 40.2 Å². The standard InChI is InChI=1S/C8H11Br/c9-7-6-8-4-2-1-3-5-8/h1-4,8H,5-7H2. The molecule has 0 aromatic rings. The van der Waals surface area contributed by atoms with E-state index in [1.54, 1.807) is 0 Å². The molecule has 0 amide bonds. The first kappa shape index (κ1) is 7.07. The van der Waals surface area contributed by atoms with Gasteiger partial charge in [-0.2, -0.15) is 0 Å². The number of allylic oxidation sites excluding steroid dienone is 4. The van der Waals surface area contributed by atoms with Gasteiger partial charge in [-0.05, 0) is 18.8 Å². The van der Waals surface area contributed by atoms with Crippen molar-refractivity contribution in [2.75, 3.05) is 5.33 Å². The normalized spacial score (nSPS) is 24.8. The van der Waals surface area contributed by atoms with Gasteiger partial charge in [-0.15, -0.1) is 0 Å². The van der Waals surface area contributed by atoms with Gasteiger partial charge in [0.15, 0.2) is 0 Å². The Kier molecular flexibility index (Phi) is 3.05. The molecule has 0 aliphatic heterocycles. The van der Waals surface area contributed by atoms with Gasteiger partial charge in [0, 0.05) is 5.33 Å². The summed E-state index contributed by atoms with van der Waals surface area (Å²) in [6, 6.07) is 0. The van der Waals surface area contributed by atoms with E-state index in [0.29, 0.717) is 0 Å². The highest BCUT2D eigenvalue weighted by Gasteiger charge is 2.01. The first-order valence-corrected chi connectivity index (χ1v) is 4.45. The van der Waals surface area contributed by atoms with E-state index < -0.39 is 0 Å². The quantitative estimate of drug-likeness (QED) is 0.583. The van der Waals surface area contributed by atoms with Crippen molar-refractivity contribution >= 4 is 15.9 Å². The summed E-state index contributed by atoms with van der Waals surface area (Å²) in [5.41, 5.74) is 0. The Morgan fingerprint density at radius 3 is 2.89 bits per heavy atom. The molecule has 0 saturated heterocycles. The van der Waals surface area contributed by atoms with Crippen LogP contribution in [-0.4, -0.2) is 5.33 Å². The van der Waals surface area contributed by atoms with Gasteiger partial charge in [0.2, 0.25) is 0 Å². The second kappa shape index (κ2) is 3.89. The van der Waals surface area contributed by atoms with Gasteiger partial charge in [-0.3, -0.25) is 0 Å². The average Bonchev–Trinajstić information content (AvgIpc) is 1.91. The highest BCUT2D eigenvalue weighted by Crippen LogP contribution is 2.15.